The van der Waals surface area contributed by atoms with E-state index in [1.54, 1.807) is 30.3 Å². The Kier molecular flexibility index (Phi) is 9.30. The number of carboxylic acids is 1. The third-order valence-corrected chi connectivity index (χ3v) is 5.81. The number of nitrogens with one attached hydrogen (secondary N) is 2. The third kappa shape index (κ3) is 6.80. The summed E-state index contributed by atoms with van der Waals surface area (Å²) in [6.07, 6.45) is -4.26. The van der Waals surface area contributed by atoms with Gasteiger partial charge < -0.3 is 35.8 Å². The van der Waals surface area contributed by atoms with Crippen LogP contribution in [0.2, 0.25) is 0 Å². The van der Waals surface area contributed by atoms with Gasteiger partial charge in [0.05, 0.1) is 12.6 Å². The standard InChI is InChI=1S/C24H29N5O9/c1-12-19(31)16(11-30)38-21(12)29-9-8-17(26-23(29)35)27-24(36)37-13(2)18(22(33)34)28-20(32)15(25)10-14-6-4-3-5-7-14/h3-9,13,15-16,18-19,21,30-31H,1,10-11,25H2,2H3,(H,28,32)(H,33,34)(H,26,27,35,36)/t13-,15-,16+,18-,19-,21+/m0/s1. The van der Waals surface area contributed by atoms with Crippen molar-refractivity contribution >= 4 is 23.8 Å². The normalized spacial score (nSPS) is 21.3. The van der Waals surface area contributed by atoms with Crippen LogP contribution in [0.1, 0.15) is 18.7 Å². The lowest BCUT2D eigenvalue weighted by Gasteiger charge is -2.23. The van der Waals surface area contributed by atoms with E-state index in [1.165, 1.54) is 19.2 Å². The Morgan fingerprint density at radius 3 is 2.53 bits per heavy atom. The van der Waals surface area contributed by atoms with E-state index in [0.717, 1.165) is 10.1 Å². The van der Waals surface area contributed by atoms with Gasteiger partial charge in [-0.3, -0.25) is 14.7 Å². The van der Waals surface area contributed by atoms with E-state index in [4.69, 9.17) is 15.2 Å². The maximum atomic E-state index is 12.5. The molecule has 14 nitrogen and oxygen atoms in total. The van der Waals surface area contributed by atoms with Crippen molar-refractivity contribution in [2.45, 2.75) is 50.0 Å². The quantitative estimate of drug-likeness (QED) is 0.207. The summed E-state index contributed by atoms with van der Waals surface area (Å²) in [5.41, 5.74) is 5.97. The van der Waals surface area contributed by atoms with E-state index in [1.807, 2.05) is 0 Å². The number of aromatic nitrogens is 2. The number of aliphatic hydroxyl groups excluding tert-OH is 2. The molecule has 6 atom stereocenters. The molecule has 1 fully saturated rings. The molecule has 204 valence electrons. The summed E-state index contributed by atoms with van der Waals surface area (Å²) in [5.74, 6) is -2.41. The fraction of sp³-hybridized carbons (Fsp3) is 0.375. The van der Waals surface area contributed by atoms with Crippen molar-refractivity contribution in [1.82, 2.24) is 14.9 Å². The summed E-state index contributed by atoms with van der Waals surface area (Å²) < 4.78 is 11.5. The van der Waals surface area contributed by atoms with Crippen LogP contribution in [0.4, 0.5) is 10.6 Å². The van der Waals surface area contributed by atoms with Crippen molar-refractivity contribution in [3.63, 3.8) is 0 Å². The predicted octanol–water partition coefficient (Wildman–Crippen LogP) is -0.873. The number of hydrogen-bond donors (Lipinski definition) is 6. The van der Waals surface area contributed by atoms with E-state index in [2.05, 4.69) is 22.2 Å². The Bertz CT molecular complexity index is 1240. The molecule has 1 aliphatic heterocycles. The van der Waals surface area contributed by atoms with Gasteiger partial charge in [0.25, 0.3) is 0 Å². The molecule has 38 heavy (non-hydrogen) atoms. The van der Waals surface area contributed by atoms with Crippen LogP contribution in [0, 0.1) is 0 Å². The Morgan fingerprint density at radius 1 is 1.26 bits per heavy atom. The number of carbonyl (C=O) groups excluding carboxylic acids is 2. The topological polar surface area (TPSA) is 215 Å². The highest BCUT2D eigenvalue weighted by Crippen LogP contribution is 2.31. The number of aliphatic carboxylic acids is 1. The zero-order valence-electron chi connectivity index (χ0n) is 20.4. The summed E-state index contributed by atoms with van der Waals surface area (Å²) in [4.78, 5) is 52.7. The van der Waals surface area contributed by atoms with E-state index in [0.29, 0.717) is 0 Å². The fourth-order valence-electron chi connectivity index (χ4n) is 3.73. The van der Waals surface area contributed by atoms with Gasteiger partial charge in [0.2, 0.25) is 5.91 Å². The number of carbonyl (C=O) groups is 3. The molecule has 2 heterocycles. The monoisotopic (exact) mass is 531 g/mol. The first-order chi connectivity index (χ1) is 18.0. The second-order valence-corrected chi connectivity index (χ2v) is 8.59. The van der Waals surface area contributed by atoms with Crippen molar-refractivity contribution in [2.24, 2.45) is 5.73 Å². The summed E-state index contributed by atoms with van der Waals surface area (Å²) in [6, 6.07) is 7.51. The lowest BCUT2D eigenvalue weighted by molar-refractivity contribution is -0.144. The first-order valence-electron chi connectivity index (χ1n) is 11.5. The number of carboxylic acid groups (broad SMARTS) is 1. The van der Waals surface area contributed by atoms with Gasteiger partial charge in [0, 0.05) is 11.8 Å². The van der Waals surface area contributed by atoms with Gasteiger partial charge in [-0.1, -0.05) is 36.9 Å². The minimum Gasteiger partial charge on any atom is -0.480 e. The molecule has 1 saturated heterocycles. The molecule has 2 aromatic rings. The maximum absolute atomic E-state index is 12.5. The van der Waals surface area contributed by atoms with E-state index in [9.17, 15) is 34.5 Å². The van der Waals surface area contributed by atoms with Crippen molar-refractivity contribution in [3.05, 3.63) is 70.8 Å². The first kappa shape index (κ1) is 28.5. The molecule has 0 saturated carbocycles. The lowest BCUT2D eigenvalue weighted by Crippen LogP contribution is -2.54. The zero-order valence-corrected chi connectivity index (χ0v) is 20.4. The predicted molar refractivity (Wildman–Crippen MR) is 132 cm³/mol. The molecule has 2 amide bonds. The highest BCUT2D eigenvalue weighted by Gasteiger charge is 2.38. The SMILES string of the molecule is C=C1[C@H](n2ccc(NC(=O)O[C@@H](C)[C@H](NC(=O)[C@@H](N)Cc3ccccc3)C(=O)O)nc2=O)O[C@H](CO)[C@H]1O. The van der Waals surface area contributed by atoms with Crippen molar-refractivity contribution in [2.75, 3.05) is 11.9 Å². The smallest absolute Gasteiger partial charge is 0.413 e. The molecule has 0 unspecified atom stereocenters. The van der Waals surface area contributed by atoms with Crippen LogP contribution in [0.5, 0.6) is 0 Å². The maximum Gasteiger partial charge on any atom is 0.413 e. The molecular weight excluding hydrogens is 502 g/mol. The minimum atomic E-state index is -1.60. The van der Waals surface area contributed by atoms with Crippen LogP contribution < -0.4 is 22.1 Å². The summed E-state index contributed by atoms with van der Waals surface area (Å²) in [6.45, 7) is 4.45. The van der Waals surface area contributed by atoms with Gasteiger partial charge >= 0.3 is 17.8 Å². The Morgan fingerprint density at radius 2 is 1.95 bits per heavy atom. The Balaban J connectivity index is 1.59. The fourth-order valence-corrected chi connectivity index (χ4v) is 3.73. The van der Waals surface area contributed by atoms with Crippen LogP contribution >= 0.6 is 0 Å². The van der Waals surface area contributed by atoms with Crippen LogP contribution in [0.25, 0.3) is 0 Å². The summed E-state index contributed by atoms with van der Waals surface area (Å²) in [7, 11) is 0. The number of anilines is 1. The molecule has 1 aliphatic rings. The van der Waals surface area contributed by atoms with Crippen molar-refractivity contribution in [3.8, 4) is 0 Å². The number of ether oxygens (including phenoxy) is 2. The lowest BCUT2D eigenvalue weighted by atomic mass is 10.1. The zero-order chi connectivity index (χ0) is 28.0. The van der Waals surface area contributed by atoms with E-state index >= 15 is 0 Å². The molecule has 3 rings (SSSR count). The molecule has 0 radical (unpaired) electrons. The largest absolute Gasteiger partial charge is 0.480 e. The number of aliphatic hydroxyl groups is 2. The van der Waals surface area contributed by atoms with Gasteiger partial charge in [-0.05, 0) is 25.0 Å². The van der Waals surface area contributed by atoms with Gasteiger partial charge in [-0.15, -0.1) is 0 Å². The number of nitrogens with two attached hydrogens (primary N) is 1. The summed E-state index contributed by atoms with van der Waals surface area (Å²) >= 11 is 0. The molecule has 0 bridgehead atoms. The molecule has 14 heteroatoms. The molecule has 0 aliphatic carbocycles. The van der Waals surface area contributed by atoms with Crippen LogP contribution in [-0.4, -0.2) is 79.8 Å². The van der Waals surface area contributed by atoms with Gasteiger partial charge in [-0.25, -0.2) is 14.4 Å². The summed E-state index contributed by atoms with van der Waals surface area (Å²) in [5, 5.41) is 33.3. The minimum absolute atomic E-state index is 0.146. The average molecular weight is 532 g/mol. The van der Waals surface area contributed by atoms with Crippen LogP contribution in [-0.2, 0) is 25.5 Å². The number of rotatable bonds is 10. The van der Waals surface area contributed by atoms with Gasteiger partial charge in [0.15, 0.2) is 12.3 Å². The molecule has 0 spiro atoms. The van der Waals surface area contributed by atoms with Gasteiger partial charge in [0.1, 0.15) is 24.1 Å². The van der Waals surface area contributed by atoms with Crippen LogP contribution in [0.15, 0.2) is 59.5 Å². The molecular formula is C24H29N5O9. The Hall–Kier alpha value is -4.11. The molecule has 1 aromatic carbocycles. The Labute approximate surface area is 216 Å². The molecule has 7 N–H and O–H groups in total. The molecule has 1 aromatic heterocycles. The second-order valence-electron chi connectivity index (χ2n) is 8.59. The number of nitrogens with zero attached hydrogens (tertiary/aromatic N) is 2. The highest BCUT2D eigenvalue weighted by molar-refractivity contribution is 5.88. The highest BCUT2D eigenvalue weighted by atomic mass is 16.6. The van der Waals surface area contributed by atoms with Crippen LogP contribution in [0.3, 0.4) is 0 Å². The van der Waals surface area contributed by atoms with Crippen molar-refractivity contribution in [1.29, 1.82) is 0 Å². The van der Waals surface area contributed by atoms with Crippen molar-refractivity contribution < 1.29 is 39.2 Å². The van der Waals surface area contributed by atoms with E-state index in [-0.39, 0.29) is 17.8 Å². The second kappa shape index (κ2) is 12.4. The van der Waals surface area contributed by atoms with Gasteiger partial charge in [-0.2, -0.15) is 4.98 Å². The average Bonchev–Trinajstić information content (AvgIpc) is 3.15. The third-order valence-electron chi connectivity index (χ3n) is 5.81. The van der Waals surface area contributed by atoms with E-state index < -0.39 is 66.9 Å². The number of hydrogen-bond acceptors (Lipinski definition) is 10. The number of benzene rings is 1. The first-order valence-corrected chi connectivity index (χ1v) is 11.5. The number of amides is 2.